The molecule has 27 heavy (non-hydrogen) atoms. The molecular weight excluding hydrogens is 372 g/mol. The summed E-state index contributed by atoms with van der Waals surface area (Å²) >= 11 is 6.07. The molecule has 9 nitrogen and oxygen atoms in total. The predicted octanol–water partition coefficient (Wildman–Crippen LogP) is 0.507. The molecule has 0 aliphatic rings. The maximum absolute atomic E-state index is 11.9. The Kier molecular flexibility index (Phi) is 5.53. The second-order valence-electron chi connectivity index (χ2n) is 5.29. The number of aromatic nitrogens is 4. The number of carbonyl (C=O) groups excluding carboxylic acids is 2. The van der Waals surface area contributed by atoms with Gasteiger partial charge in [0, 0.05) is 16.7 Å². The molecule has 136 valence electrons. The number of carbonyl (C=O) groups is 2. The number of hydrogen-bond acceptors (Lipinski definition) is 7. The molecule has 0 unspecified atom stereocenters. The summed E-state index contributed by atoms with van der Waals surface area (Å²) in [4.78, 5) is 24.0. The van der Waals surface area contributed by atoms with E-state index in [1.54, 1.807) is 36.4 Å². The molecular formula is C17H12ClN6O3-. The van der Waals surface area contributed by atoms with Gasteiger partial charge in [0.05, 0.1) is 17.2 Å². The number of tetrazole rings is 1. The number of hydrazone groups is 1. The maximum Gasteiger partial charge on any atom is 0.263 e. The SMILES string of the molecule is O=C(Cn1nnc(-c2ccccc2Cl)n1)N/N=C\c1ccccc1C(=O)[O-]. The Hall–Kier alpha value is -3.59. The molecule has 0 aliphatic heterocycles. The number of benzene rings is 2. The number of rotatable bonds is 6. The fourth-order valence-corrected chi connectivity index (χ4v) is 2.41. The second kappa shape index (κ2) is 8.19. The monoisotopic (exact) mass is 383 g/mol. The minimum absolute atomic E-state index is 0.0298. The highest BCUT2D eigenvalue weighted by Gasteiger charge is 2.11. The number of carboxylic acid groups (broad SMARTS) is 1. The van der Waals surface area contributed by atoms with E-state index in [9.17, 15) is 14.7 Å². The minimum Gasteiger partial charge on any atom is -0.545 e. The van der Waals surface area contributed by atoms with Crippen molar-refractivity contribution in [3.63, 3.8) is 0 Å². The van der Waals surface area contributed by atoms with Crippen molar-refractivity contribution >= 4 is 29.7 Å². The minimum atomic E-state index is -1.33. The zero-order valence-corrected chi connectivity index (χ0v) is 14.5. The van der Waals surface area contributed by atoms with Crippen LogP contribution >= 0.6 is 11.6 Å². The van der Waals surface area contributed by atoms with Crippen molar-refractivity contribution in [2.75, 3.05) is 0 Å². The van der Waals surface area contributed by atoms with E-state index in [4.69, 9.17) is 11.6 Å². The fourth-order valence-electron chi connectivity index (χ4n) is 2.19. The summed E-state index contributed by atoms with van der Waals surface area (Å²) in [7, 11) is 0. The molecule has 3 aromatic rings. The van der Waals surface area contributed by atoms with Crippen LogP contribution in [0.2, 0.25) is 5.02 Å². The van der Waals surface area contributed by atoms with E-state index >= 15 is 0 Å². The van der Waals surface area contributed by atoms with Crippen LogP contribution in [0.1, 0.15) is 15.9 Å². The normalized spacial score (nSPS) is 10.9. The van der Waals surface area contributed by atoms with Gasteiger partial charge < -0.3 is 9.90 Å². The van der Waals surface area contributed by atoms with Crippen LogP contribution in [0, 0.1) is 0 Å². The van der Waals surface area contributed by atoms with E-state index in [1.807, 2.05) is 0 Å². The molecule has 1 N–H and O–H groups in total. The number of halogens is 1. The van der Waals surface area contributed by atoms with Crippen molar-refractivity contribution in [1.82, 2.24) is 25.6 Å². The Morgan fingerprint density at radius 3 is 2.70 bits per heavy atom. The highest BCUT2D eigenvalue weighted by Crippen LogP contribution is 2.23. The highest BCUT2D eigenvalue weighted by atomic mass is 35.5. The van der Waals surface area contributed by atoms with Crippen LogP contribution in [0.4, 0.5) is 0 Å². The van der Waals surface area contributed by atoms with Gasteiger partial charge >= 0.3 is 0 Å². The Morgan fingerprint density at radius 1 is 1.19 bits per heavy atom. The van der Waals surface area contributed by atoms with Crippen LogP contribution in [0.5, 0.6) is 0 Å². The molecule has 1 aromatic heterocycles. The van der Waals surface area contributed by atoms with Crippen molar-refractivity contribution in [2.24, 2.45) is 5.10 Å². The average molecular weight is 384 g/mol. The molecule has 10 heteroatoms. The number of nitrogens with zero attached hydrogens (tertiary/aromatic N) is 5. The Balaban J connectivity index is 1.62. The van der Waals surface area contributed by atoms with Gasteiger partial charge in [-0.3, -0.25) is 4.79 Å². The maximum atomic E-state index is 11.9. The third-order valence-corrected chi connectivity index (χ3v) is 3.76. The van der Waals surface area contributed by atoms with Gasteiger partial charge in [0.25, 0.3) is 5.91 Å². The molecule has 2 aromatic carbocycles. The van der Waals surface area contributed by atoms with Gasteiger partial charge in [-0.05, 0) is 17.3 Å². The standard InChI is InChI=1S/C17H13ClN6O3/c18-14-8-4-3-7-13(14)16-21-23-24(22-16)10-15(25)20-19-9-11-5-1-2-6-12(11)17(26)27/h1-9H,10H2,(H,20,25)(H,26,27)/p-1/b19-9-. The highest BCUT2D eigenvalue weighted by molar-refractivity contribution is 6.33. The quantitative estimate of drug-likeness (QED) is 0.488. The Labute approximate surface area is 158 Å². The van der Waals surface area contributed by atoms with Gasteiger partial charge in [0.15, 0.2) is 0 Å². The molecule has 0 radical (unpaired) electrons. The molecule has 1 heterocycles. The summed E-state index contributed by atoms with van der Waals surface area (Å²) in [5.74, 6) is -1.55. The number of nitrogens with one attached hydrogen (secondary N) is 1. The second-order valence-corrected chi connectivity index (χ2v) is 5.70. The topological polar surface area (TPSA) is 125 Å². The van der Waals surface area contributed by atoms with Crippen molar-refractivity contribution in [2.45, 2.75) is 6.54 Å². The molecule has 0 saturated carbocycles. The Bertz CT molecular complexity index is 1020. The number of aromatic carboxylic acids is 1. The predicted molar refractivity (Wildman–Crippen MR) is 94.8 cm³/mol. The van der Waals surface area contributed by atoms with E-state index in [2.05, 4.69) is 25.9 Å². The zero-order valence-electron chi connectivity index (χ0n) is 13.7. The van der Waals surface area contributed by atoms with Crippen LogP contribution < -0.4 is 10.5 Å². The van der Waals surface area contributed by atoms with Crippen molar-refractivity contribution < 1.29 is 14.7 Å². The zero-order chi connectivity index (χ0) is 19.2. The molecule has 1 amide bonds. The van der Waals surface area contributed by atoms with Crippen LogP contribution in [0.3, 0.4) is 0 Å². The molecule has 3 rings (SSSR count). The molecule has 0 fully saturated rings. The fraction of sp³-hybridized carbons (Fsp3) is 0.0588. The first-order valence-corrected chi connectivity index (χ1v) is 8.07. The van der Waals surface area contributed by atoms with E-state index in [0.29, 0.717) is 22.0 Å². The average Bonchev–Trinajstić information content (AvgIpc) is 3.10. The van der Waals surface area contributed by atoms with Gasteiger partial charge in [0.2, 0.25) is 5.82 Å². The number of hydrogen-bond donors (Lipinski definition) is 1. The number of carboxylic acids is 1. The third kappa shape index (κ3) is 4.53. The van der Waals surface area contributed by atoms with Crippen molar-refractivity contribution in [3.8, 4) is 11.4 Å². The summed E-state index contributed by atoms with van der Waals surface area (Å²) in [5.41, 5.74) is 3.14. The first kappa shape index (κ1) is 18.2. The summed E-state index contributed by atoms with van der Waals surface area (Å²) in [6.07, 6.45) is 1.22. The largest absolute Gasteiger partial charge is 0.545 e. The van der Waals surface area contributed by atoms with Crippen LogP contribution in [-0.4, -0.2) is 38.3 Å². The molecule has 0 spiro atoms. The third-order valence-electron chi connectivity index (χ3n) is 3.43. The van der Waals surface area contributed by atoms with Gasteiger partial charge in [-0.1, -0.05) is 48.0 Å². The summed E-state index contributed by atoms with van der Waals surface area (Å²) < 4.78 is 0. The van der Waals surface area contributed by atoms with Crippen molar-refractivity contribution in [1.29, 1.82) is 0 Å². The van der Waals surface area contributed by atoms with Gasteiger partial charge in [-0.25, -0.2) is 5.43 Å². The summed E-state index contributed by atoms with van der Waals surface area (Å²) in [6.45, 7) is -0.225. The molecule has 0 aliphatic carbocycles. The Morgan fingerprint density at radius 2 is 1.93 bits per heavy atom. The van der Waals surface area contributed by atoms with Gasteiger partial charge in [-0.15, -0.1) is 10.2 Å². The molecule has 0 saturated heterocycles. The first-order chi connectivity index (χ1) is 13.0. The summed E-state index contributed by atoms with van der Waals surface area (Å²) in [6, 6.07) is 13.1. The van der Waals surface area contributed by atoms with Crippen LogP contribution in [0.15, 0.2) is 53.6 Å². The first-order valence-electron chi connectivity index (χ1n) is 7.69. The lowest BCUT2D eigenvalue weighted by molar-refractivity contribution is -0.255. The lowest BCUT2D eigenvalue weighted by Crippen LogP contribution is -2.25. The summed E-state index contributed by atoms with van der Waals surface area (Å²) in [5, 5.41) is 27.0. The van der Waals surface area contributed by atoms with Gasteiger partial charge in [0.1, 0.15) is 6.54 Å². The van der Waals surface area contributed by atoms with E-state index in [-0.39, 0.29) is 12.1 Å². The smallest absolute Gasteiger partial charge is 0.263 e. The molecule has 0 bridgehead atoms. The van der Waals surface area contributed by atoms with E-state index < -0.39 is 11.9 Å². The lowest BCUT2D eigenvalue weighted by atomic mass is 10.1. The number of amides is 1. The van der Waals surface area contributed by atoms with Gasteiger partial charge in [-0.2, -0.15) is 9.90 Å². The van der Waals surface area contributed by atoms with Crippen LogP contribution in [-0.2, 0) is 11.3 Å². The lowest BCUT2D eigenvalue weighted by Gasteiger charge is -2.05. The van der Waals surface area contributed by atoms with E-state index in [0.717, 1.165) is 4.80 Å². The van der Waals surface area contributed by atoms with Crippen molar-refractivity contribution in [3.05, 3.63) is 64.7 Å². The van der Waals surface area contributed by atoms with E-state index in [1.165, 1.54) is 18.3 Å². The van der Waals surface area contributed by atoms with Crippen LogP contribution in [0.25, 0.3) is 11.4 Å². The molecule has 0 atom stereocenters.